The highest BCUT2D eigenvalue weighted by atomic mass is 16.5. The van der Waals surface area contributed by atoms with Gasteiger partial charge in [-0.05, 0) is 30.7 Å². The van der Waals surface area contributed by atoms with Gasteiger partial charge in [-0.25, -0.2) is 0 Å². The molecular formula is C22H20N4O3. The van der Waals surface area contributed by atoms with E-state index in [1.54, 1.807) is 13.8 Å². The Morgan fingerprint density at radius 1 is 0.897 bits per heavy atom. The molecule has 0 aliphatic carbocycles. The maximum atomic E-state index is 12.8. The molecule has 0 atom stereocenters. The standard InChI is InChI=1S/C22H20N4O3/c1-4-11-29-16-10-9-14-7-5-6-8-15(14)19(16)20(17-12(2)23-25-21(17)27)18-13(3)24-26-22(18)28/h1,5-10,20H,11H2,2-3H3,(H2,23,25,27)(H2,24,26,28). The van der Waals surface area contributed by atoms with E-state index in [0.717, 1.165) is 16.3 Å². The zero-order valence-electron chi connectivity index (χ0n) is 16.1. The molecule has 2 aromatic carbocycles. The third-order valence-electron chi connectivity index (χ3n) is 5.13. The van der Waals surface area contributed by atoms with E-state index in [4.69, 9.17) is 11.2 Å². The monoisotopic (exact) mass is 388 g/mol. The molecule has 0 saturated carbocycles. The summed E-state index contributed by atoms with van der Waals surface area (Å²) < 4.78 is 5.85. The molecule has 0 aliphatic rings. The second-order valence-corrected chi connectivity index (χ2v) is 6.86. The van der Waals surface area contributed by atoms with Crippen molar-refractivity contribution in [2.45, 2.75) is 19.8 Å². The van der Waals surface area contributed by atoms with Gasteiger partial charge in [-0.15, -0.1) is 6.42 Å². The fourth-order valence-electron chi connectivity index (χ4n) is 3.86. The predicted molar refractivity (Wildman–Crippen MR) is 112 cm³/mol. The molecule has 0 bridgehead atoms. The first-order valence-electron chi connectivity index (χ1n) is 9.15. The van der Waals surface area contributed by atoms with Gasteiger partial charge in [-0.2, -0.15) is 0 Å². The number of terminal acetylenes is 1. The van der Waals surface area contributed by atoms with E-state index in [9.17, 15) is 9.59 Å². The van der Waals surface area contributed by atoms with Crippen molar-refractivity contribution >= 4 is 10.8 Å². The number of nitrogens with one attached hydrogen (secondary N) is 4. The molecule has 0 amide bonds. The van der Waals surface area contributed by atoms with Gasteiger partial charge in [-0.1, -0.05) is 36.3 Å². The second kappa shape index (κ2) is 7.24. The lowest BCUT2D eigenvalue weighted by atomic mass is 9.82. The maximum Gasteiger partial charge on any atom is 0.268 e. The minimum atomic E-state index is -0.654. The summed E-state index contributed by atoms with van der Waals surface area (Å²) in [6, 6.07) is 11.5. The summed E-state index contributed by atoms with van der Waals surface area (Å²) >= 11 is 0. The Morgan fingerprint density at radius 2 is 1.52 bits per heavy atom. The Bertz CT molecular complexity index is 1290. The van der Waals surface area contributed by atoms with Crippen molar-refractivity contribution < 1.29 is 4.74 Å². The number of benzene rings is 2. The van der Waals surface area contributed by atoms with Crippen molar-refractivity contribution in [1.82, 2.24) is 20.4 Å². The van der Waals surface area contributed by atoms with Crippen LogP contribution >= 0.6 is 0 Å². The molecule has 0 radical (unpaired) electrons. The van der Waals surface area contributed by atoms with Crippen LogP contribution in [-0.4, -0.2) is 27.0 Å². The number of H-pyrrole nitrogens is 4. The summed E-state index contributed by atoms with van der Waals surface area (Å²) in [5.41, 5.74) is 2.36. The Kier molecular flexibility index (Phi) is 4.61. The fraction of sp³-hybridized carbons (Fsp3) is 0.182. The molecule has 0 unspecified atom stereocenters. The van der Waals surface area contributed by atoms with E-state index < -0.39 is 5.92 Å². The van der Waals surface area contributed by atoms with Crippen molar-refractivity contribution in [3.63, 3.8) is 0 Å². The molecule has 2 aromatic heterocycles. The highest BCUT2D eigenvalue weighted by Gasteiger charge is 2.31. The van der Waals surface area contributed by atoms with Crippen molar-refractivity contribution in [3.05, 3.63) is 85.2 Å². The van der Waals surface area contributed by atoms with Crippen LogP contribution in [0.2, 0.25) is 0 Å². The summed E-state index contributed by atoms with van der Waals surface area (Å²) in [7, 11) is 0. The van der Waals surface area contributed by atoms with Gasteiger partial charge < -0.3 is 14.9 Å². The largest absolute Gasteiger partial charge is 0.481 e. The van der Waals surface area contributed by atoms with Crippen LogP contribution < -0.4 is 15.9 Å². The van der Waals surface area contributed by atoms with Crippen molar-refractivity contribution in [1.29, 1.82) is 0 Å². The van der Waals surface area contributed by atoms with Gasteiger partial charge in [-0.3, -0.25) is 19.8 Å². The predicted octanol–water partition coefficient (Wildman–Crippen LogP) is 2.68. The van der Waals surface area contributed by atoms with Crippen LogP contribution in [0.15, 0.2) is 46.0 Å². The quantitative estimate of drug-likeness (QED) is 0.395. The number of hydrogen-bond acceptors (Lipinski definition) is 3. The van der Waals surface area contributed by atoms with Crippen molar-refractivity contribution in [2.24, 2.45) is 0 Å². The van der Waals surface area contributed by atoms with Crippen molar-refractivity contribution in [3.8, 4) is 18.1 Å². The van der Waals surface area contributed by atoms with E-state index in [1.165, 1.54) is 0 Å². The van der Waals surface area contributed by atoms with Gasteiger partial charge in [0, 0.05) is 17.0 Å². The summed E-state index contributed by atoms with van der Waals surface area (Å²) in [5, 5.41) is 12.8. The molecule has 0 saturated heterocycles. The number of aromatic amines is 4. The topological polar surface area (TPSA) is 107 Å². The summed E-state index contributed by atoms with van der Waals surface area (Å²) in [6.07, 6.45) is 5.41. The Morgan fingerprint density at radius 3 is 2.07 bits per heavy atom. The lowest BCUT2D eigenvalue weighted by Gasteiger charge is -2.21. The van der Waals surface area contributed by atoms with Gasteiger partial charge in [0.2, 0.25) is 0 Å². The third-order valence-corrected chi connectivity index (χ3v) is 5.13. The molecule has 0 spiro atoms. The van der Waals surface area contributed by atoms with Crippen LogP contribution in [0.3, 0.4) is 0 Å². The summed E-state index contributed by atoms with van der Waals surface area (Å²) in [5.74, 6) is 2.36. The van der Waals surface area contributed by atoms with E-state index in [-0.39, 0.29) is 17.7 Å². The molecule has 0 aliphatic heterocycles. The summed E-state index contributed by atoms with van der Waals surface area (Å²) in [6.45, 7) is 3.66. The maximum absolute atomic E-state index is 12.8. The average molecular weight is 388 g/mol. The molecule has 7 heteroatoms. The van der Waals surface area contributed by atoms with E-state index in [2.05, 4.69) is 26.3 Å². The van der Waals surface area contributed by atoms with Gasteiger partial charge in [0.1, 0.15) is 12.4 Å². The van der Waals surface area contributed by atoms with E-state index >= 15 is 0 Å². The molecular weight excluding hydrogens is 368 g/mol. The first kappa shape index (κ1) is 18.4. The SMILES string of the molecule is C#CCOc1ccc2ccccc2c1C(c1c(C)[nH][nH]c1=O)c1c(C)[nH][nH]c1=O. The summed E-state index contributed by atoms with van der Waals surface area (Å²) in [4.78, 5) is 25.5. The van der Waals surface area contributed by atoms with Gasteiger partial charge in [0.15, 0.2) is 0 Å². The second-order valence-electron chi connectivity index (χ2n) is 6.86. The molecule has 7 nitrogen and oxygen atoms in total. The van der Waals surface area contributed by atoms with E-state index in [1.807, 2.05) is 36.4 Å². The van der Waals surface area contributed by atoms with Crippen molar-refractivity contribution in [2.75, 3.05) is 6.61 Å². The molecule has 0 fully saturated rings. The van der Waals surface area contributed by atoms with Crippen LogP contribution in [0.25, 0.3) is 10.8 Å². The van der Waals surface area contributed by atoms with Crippen LogP contribution in [0.4, 0.5) is 0 Å². The zero-order valence-corrected chi connectivity index (χ0v) is 16.1. The average Bonchev–Trinajstić information content (AvgIpc) is 3.23. The lowest BCUT2D eigenvalue weighted by molar-refractivity contribution is 0.366. The Balaban J connectivity index is 2.14. The number of hydrogen-bond donors (Lipinski definition) is 4. The van der Waals surface area contributed by atoms with Crippen LogP contribution in [0.5, 0.6) is 5.75 Å². The van der Waals surface area contributed by atoms with Gasteiger partial charge >= 0.3 is 0 Å². The normalized spacial score (nSPS) is 11.1. The lowest BCUT2D eigenvalue weighted by Crippen LogP contribution is -2.21. The van der Waals surface area contributed by atoms with Crippen LogP contribution in [0.1, 0.15) is 34.0 Å². The Labute approximate surface area is 166 Å². The Hall–Kier alpha value is -3.92. The highest BCUT2D eigenvalue weighted by Crippen LogP contribution is 2.41. The number of fused-ring (bicyclic) bond motifs is 1. The number of ether oxygens (including phenoxy) is 1. The highest BCUT2D eigenvalue weighted by molar-refractivity contribution is 5.89. The van der Waals surface area contributed by atoms with E-state index in [0.29, 0.717) is 28.3 Å². The molecule has 4 rings (SSSR count). The van der Waals surface area contributed by atoms with Gasteiger partial charge in [0.05, 0.1) is 17.0 Å². The fourth-order valence-corrected chi connectivity index (χ4v) is 3.86. The zero-order chi connectivity index (χ0) is 20.5. The molecule has 146 valence electrons. The molecule has 2 heterocycles. The first-order chi connectivity index (χ1) is 14.0. The minimum absolute atomic E-state index is 0.0724. The number of rotatable bonds is 5. The molecule has 4 N–H and O–H groups in total. The first-order valence-corrected chi connectivity index (χ1v) is 9.15. The third kappa shape index (κ3) is 3.05. The van der Waals surface area contributed by atoms with Crippen LogP contribution in [-0.2, 0) is 0 Å². The molecule has 4 aromatic rings. The number of aromatic nitrogens is 4. The number of aryl methyl sites for hydroxylation is 2. The minimum Gasteiger partial charge on any atom is -0.481 e. The molecule has 29 heavy (non-hydrogen) atoms. The smallest absolute Gasteiger partial charge is 0.268 e. The van der Waals surface area contributed by atoms with Gasteiger partial charge in [0.25, 0.3) is 11.1 Å². The van der Waals surface area contributed by atoms with Crippen LogP contribution in [0, 0.1) is 26.2 Å².